The van der Waals surface area contributed by atoms with Crippen molar-refractivity contribution in [1.82, 2.24) is 4.57 Å². The normalized spacial score (nSPS) is 7.85. The topological polar surface area (TPSA) is 8.81 Å². The molecule has 0 saturated carbocycles. The van der Waals surface area contributed by atoms with Gasteiger partial charge in [-0.25, -0.2) is 9.13 Å². The maximum atomic E-state index is 2.21. The minimum Gasteiger partial charge on any atom is -1.00 e. The van der Waals surface area contributed by atoms with Crippen LogP contribution in [0, 0.1) is 0 Å². The van der Waals surface area contributed by atoms with E-state index in [4.69, 9.17) is 0 Å². The number of rotatable bonds is 3. The molecule has 1 aromatic rings. The molecule has 13 heavy (non-hydrogen) atoms. The minimum absolute atomic E-state index is 0. The quantitative estimate of drug-likeness (QED) is 0.376. The largest absolute Gasteiger partial charge is 1.00 e. The van der Waals surface area contributed by atoms with Gasteiger partial charge in [-0.15, -0.1) is 0 Å². The minimum atomic E-state index is 0. The number of nitrogens with zero attached hydrogens (tertiary/aromatic N) is 2. The number of halogens is 2. The first-order valence-electron chi connectivity index (χ1n) is 3.84. The maximum Gasteiger partial charge on any atom is 0.243 e. The zero-order chi connectivity index (χ0) is 7.40. The van der Waals surface area contributed by atoms with Gasteiger partial charge in [0, 0.05) is 19.5 Å². The molecule has 1 rings (SSSR count). The molecular formula is C8H15Br2N2Zn-. The summed E-state index contributed by atoms with van der Waals surface area (Å²) in [6.07, 6.45) is 8.82. The molecule has 0 amide bonds. The summed E-state index contributed by atoms with van der Waals surface area (Å²) < 4.78 is 4.28. The van der Waals surface area contributed by atoms with Crippen LogP contribution in [0.3, 0.4) is 0 Å². The Kier molecular flexibility index (Phi) is 16.2. The van der Waals surface area contributed by atoms with Crippen molar-refractivity contribution in [3.63, 3.8) is 0 Å². The third-order valence-electron chi connectivity index (χ3n) is 1.59. The fourth-order valence-corrected chi connectivity index (χ4v) is 0.975. The fraction of sp³-hybridized carbons (Fsp3) is 0.625. The molecule has 0 bridgehead atoms. The summed E-state index contributed by atoms with van der Waals surface area (Å²) in [5.74, 6) is 0. The van der Waals surface area contributed by atoms with Gasteiger partial charge >= 0.3 is 0 Å². The monoisotopic (exact) mass is 361 g/mol. The third kappa shape index (κ3) is 7.83. The summed E-state index contributed by atoms with van der Waals surface area (Å²) in [4.78, 5) is 0. The van der Waals surface area contributed by atoms with Crippen LogP contribution in [0.2, 0.25) is 0 Å². The van der Waals surface area contributed by atoms with Crippen molar-refractivity contribution >= 4 is 0 Å². The van der Waals surface area contributed by atoms with E-state index >= 15 is 0 Å². The molecule has 0 N–H and O–H groups in total. The molecule has 0 saturated heterocycles. The molecule has 0 aromatic carbocycles. The summed E-state index contributed by atoms with van der Waals surface area (Å²) in [5.41, 5.74) is 0. The van der Waals surface area contributed by atoms with Crippen molar-refractivity contribution in [3.8, 4) is 0 Å². The van der Waals surface area contributed by atoms with Gasteiger partial charge in [0.05, 0.1) is 13.6 Å². The number of aryl methyl sites for hydroxylation is 2. The van der Waals surface area contributed by atoms with Gasteiger partial charge in [-0.05, 0) is 6.42 Å². The average Bonchev–Trinajstić information content (AvgIpc) is 2.31. The van der Waals surface area contributed by atoms with Gasteiger partial charge in [-0.3, -0.25) is 0 Å². The van der Waals surface area contributed by atoms with Gasteiger partial charge < -0.3 is 34.0 Å². The van der Waals surface area contributed by atoms with E-state index < -0.39 is 0 Å². The predicted octanol–water partition coefficient (Wildman–Crippen LogP) is -4.88. The third-order valence-corrected chi connectivity index (χ3v) is 1.59. The first-order chi connectivity index (χ1) is 4.83. The second kappa shape index (κ2) is 10.9. The SMILES string of the molecule is CCCCn1cc[n+](C)c1.[Br-].[Br-].[Zn]. The second-order valence-electron chi connectivity index (χ2n) is 2.67. The zero-order valence-corrected chi connectivity index (χ0v) is 14.3. The summed E-state index contributed by atoms with van der Waals surface area (Å²) in [6, 6.07) is 0. The molecular weight excluding hydrogens is 349 g/mol. The van der Waals surface area contributed by atoms with E-state index in [0.29, 0.717) is 0 Å². The Hall–Kier alpha value is 0.793. The summed E-state index contributed by atoms with van der Waals surface area (Å²) in [5, 5.41) is 0. The molecule has 0 fully saturated rings. The van der Waals surface area contributed by atoms with Crippen molar-refractivity contribution in [2.24, 2.45) is 7.05 Å². The standard InChI is InChI=1S/C8H15N2.2BrH.Zn/c1-3-4-5-10-7-6-9(2)8-10;;;/h6-8H,3-5H2,1-2H3;2*1H;/q+1;;;/p-2. The van der Waals surface area contributed by atoms with Crippen LogP contribution in [0.1, 0.15) is 19.8 Å². The van der Waals surface area contributed by atoms with Crippen molar-refractivity contribution in [2.75, 3.05) is 0 Å². The van der Waals surface area contributed by atoms with Crippen molar-refractivity contribution < 1.29 is 58.0 Å². The van der Waals surface area contributed by atoms with E-state index in [1.165, 1.54) is 12.8 Å². The van der Waals surface area contributed by atoms with Gasteiger partial charge in [-0.2, -0.15) is 0 Å². The molecule has 0 unspecified atom stereocenters. The number of imidazole rings is 1. The zero-order valence-electron chi connectivity index (χ0n) is 8.21. The molecule has 1 heterocycles. The average molecular weight is 364 g/mol. The van der Waals surface area contributed by atoms with E-state index in [0.717, 1.165) is 6.54 Å². The summed E-state index contributed by atoms with van der Waals surface area (Å²) >= 11 is 0. The molecule has 0 atom stereocenters. The second-order valence-corrected chi connectivity index (χ2v) is 2.67. The Morgan fingerprint density at radius 2 is 1.92 bits per heavy atom. The molecule has 2 nitrogen and oxygen atoms in total. The number of aromatic nitrogens is 2. The molecule has 0 radical (unpaired) electrons. The van der Waals surface area contributed by atoms with Crippen LogP contribution in [0.25, 0.3) is 0 Å². The van der Waals surface area contributed by atoms with Gasteiger partial charge in [-0.1, -0.05) is 13.3 Å². The van der Waals surface area contributed by atoms with Crippen LogP contribution < -0.4 is 38.5 Å². The van der Waals surface area contributed by atoms with Crippen molar-refractivity contribution in [2.45, 2.75) is 26.3 Å². The maximum absolute atomic E-state index is 2.21. The van der Waals surface area contributed by atoms with Crippen molar-refractivity contribution in [3.05, 3.63) is 18.7 Å². The Balaban J connectivity index is -0.000000333. The first-order valence-corrected chi connectivity index (χ1v) is 3.84. The van der Waals surface area contributed by atoms with Crippen LogP contribution >= 0.6 is 0 Å². The van der Waals surface area contributed by atoms with Gasteiger partial charge in [0.2, 0.25) is 6.33 Å². The Labute approximate surface area is 114 Å². The molecule has 0 aliphatic rings. The van der Waals surface area contributed by atoms with Crippen LogP contribution in [0.15, 0.2) is 18.7 Å². The number of hydrogen-bond donors (Lipinski definition) is 0. The molecule has 5 heteroatoms. The van der Waals surface area contributed by atoms with Crippen LogP contribution in [-0.2, 0) is 33.1 Å². The van der Waals surface area contributed by atoms with E-state index in [1.807, 2.05) is 7.05 Å². The van der Waals surface area contributed by atoms with E-state index in [2.05, 4.69) is 34.8 Å². The van der Waals surface area contributed by atoms with Gasteiger partial charge in [0.15, 0.2) is 0 Å². The summed E-state index contributed by atoms with van der Waals surface area (Å²) in [6.45, 7) is 3.36. The molecule has 1 aromatic heterocycles. The Bertz CT molecular complexity index is 204. The molecule has 0 aliphatic carbocycles. The predicted molar refractivity (Wildman–Crippen MR) is 40.5 cm³/mol. The van der Waals surface area contributed by atoms with E-state index in [-0.39, 0.29) is 53.4 Å². The summed E-state index contributed by atoms with van der Waals surface area (Å²) in [7, 11) is 2.04. The Morgan fingerprint density at radius 3 is 2.31 bits per heavy atom. The number of unbranched alkanes of at least 4 members (excludes halogenated alkanes) is 1. The van der Waals surface area contributed by atoms with Crippen molar-refractivity contribution in [1.29, 1.82) is 0 Å². The van der Waals surface area contributed by atoms with E-state index in [9.17, 15) is 0 Å². The van der Waals surface area contributed by atoms with Crippen LogP contribution in [-0.4, -0.2) is 4.57 Å². The fourth-order valence-electron chi connectivity index (χ4n) is 0.975. The molecule has 74 valence electrons. The van der Waals surface area contributed by atoms with Gasteiger partial charge in [0.25, 0.3) is 0 Å². The molecule has 0 spiro atoms. The number of hydrogen-bond acceptors (Lipinski definition) is 0. The molecule has 0 aliphatic heterocycles. The van der Waals surface area contributed by atoms with Gasteiger partial charge in [0.1, 0.15) is 12.4 Å². The van der Waals surface area contributed by atoms with E-state index in [1.54, 1.807) is 0 Å². The smallest absolute Gasteiger partial charge is 0.243 e. The van der Waals surface area contributed by atoms with Crippen LogP contribution in [0.5, 0.6) is 0 Å². The van der Waals surface area contributed by atoms with Crippen LogP contribution in [0.4, 0.5) is 0 Å². The first kappa shape index (κ1) is 19.4. The Morgan fingerprint density at radius 1 is 1.31 bits per heavy atom.